The second-order valence-electron chi connectivity index (χ2n) is 5.83. The number of likely N-dealkylation sites (N-methyl/N-ethyl adjacent to an activating group) is 1. The third-order valence-corrected chi connectivity index (χ3v) is 5.95. The number of rotatable bonds is 2. The number of aromatic nitrogens is 2. The molecule has 0 atom stereocenters. The molecule has 1 aliphatic heterocycles. The van der Waals surface area contributed by atoms with Crippen molar-refractivity contribution in [2.75, 3.05) is 37.6 Å². The molecule has 5 heteroatoms. The number of quaternary nitrogens is 1. The van der Waals surface area contributed by atoms with Gasteiger partial charge in [-0.3, -0.25) is 0 Å². The van der Waals surface area contributed by atoms with Crippen molar-refractivity contribution in [2.24, 2.45) is 0 Å². The Labute approximate surface area is 123 Å². The van der Waals surface area contributed by atoms with E-state index in [0.29, 0.717) is 0 Å². The van der Waals surface area contributed by atoms with Crippen LogP contribution in [0.2, 0.25) is 0 Å². The fourth-order valence-corrected chi connectivity index (χ4v) is 4.76. The highest BCUT2D eigenvalue weighted by Gasteiger charge is 2.26. The summed E-state index contributed by atoms with van der Waals surface area (Å²) in [4.78, 5) is 16.1. The normalized spacial score (nSPS) is 19.8. The van der Waals surface area contributed by atoms with Crippen molar-refractivity contribution in [2.45, 2.75) is 26.2 Å². The van der Waals surface area contributed by atoms with Gasteiger partial charge in [0.05, 0.1) is 38.1 Å². The average Bonchev–Trinajstić information content (AvgIpc) is 3.07. The lowest BCUT2D eigenvalue weighted by molar-refractivity contribution is -0.898. The third kappa shape index (κ3) is 1.91. The Bertz CT molecular complexity index is 628. The lowest BCUT2D eigenvalue weighted by Crippen LogP contribution is -3.14. The largest absolute Gasteiger partial charge is 0.345 e. The minimum Gasteiger partial charge on any atom is -0.345 e. The Hall–Kier alpha value is -1.20. The molecule has 0 spiro atoms. The molecule has 3 heterocycles. The molecule has 2 aromatic rings. The highest BCUT2D eigenvalue weighted by molar-refractivity contribution is 7.19. The molecular formula is C15H21N4S+. The summed E-state index contributed by atoms with van der Waals surface area (Å²) < 4.78 is 0. The summed E-state index contributed by atoms with van der Waals surface area (Å²) in [6, 6.07) is 0. The van der Waals surface area contributed by atoms with E-state index in [1.807, 2.05) is 11.3 Å². The summed E-state index contributed by atoms with van der Waals surface area (Å²) in [6.45, 7) is 8.23. The Balaban J connectivity index is 1.73. The van der Waals surface area contributed by atoms with Crippen LogP contribution in [-0.2, 0) is 12.8 Å². The summed E-state index contributed by atoms with van der Waals surface area (Å²) in [5, 5.41) is 1.37. The van der Waals surface area contributed by atoms with E-state index in [9.17, 15) is 0 Å². The van der Waals surface area contributed by atoms with Gasteiger partial charge in [-0.25, -0.2) is 9.97 Å². The zero-order valence-corrected chi connectivity index (χ0v) is 12.8. The Morgan fingerprint density at radius 2 is 2.10 bits per heavy atom. The highest BCUT2D eigenvalue weighted by atomic mass is 32.1. The lowest BCUT2D eigenvalue weighted by Gasteiger charge is -2.32. The van der Waals surface area contributed by atoms with Gasteiger partial charge in [0.2, 0.25) is 0 Å². The summed E-state index contributed by atoms with van der Waals surface area (Å²) in [5.41, 5.74) is 1.55. The van der Waals surface area contributed by atoms with Crippen LogP contribution < -0.4 is 9.80 Å². The standard InChI is InChI=1S/C15H20N4S/c1-2-18-6-8-19(9-7-18)14-13-11-4-3-5-12(11)20-15(13)17-10-16-14/h10H,2-9H2,1H3/p+1. The van der Waals surface area contributed by atoms with Crippen LogP contribution in [0.15, 0.2) is 6.33 Å². The summed E-state index contributed by atoms with van der Waals surface area (Å²) in [7, 11) is 0. The quantitative estimate of drug-likeness (QED) is 0.892. The van der Waals surface area contributed by atoms with Crippen LogP contribution in [-0.4, -0.2) is 42.7 Å². The number of anilines is 1. The Morgan fingerprint density at radius 3 is 2.90 bits per heavy atom. The molecule has 2 aliphatic rings. The van der Waals surface area contributed by atoms with E-state index < -0.39 is 0 Å². The smallest absolute Gasteiger partial charge is 0.141 e. The molecular weight excluding hydrogens is 268 g/mol. The minimum absolute atomic E-state index is 1.12. The number of aryl methyl sites for hydroxylation is 2. The first kappa shape index (κ1) is 12.5. The molecule has 0 bridgehead atoms. The molecule has 1 aliphatic carbocycles. The van der Waals surface area contributed by atoms with Crippen molar-refractivity contribution >= 4 is 27.4 Å². The predicted octanol–water partition coefficient (Wildman–Crippen LogP) is 0.905. The van der Waals surface area contributed by atoms with Crippen molar-refractivity contribution < 1.29 is 4.90 Å². The van der Waals surface area contributed by atoms with E-state index in [0.717, 1.165) is 13.1 Å². The van der Waals surface area contributed by atoms with Gasteiger partial charge in [-0.2, -0.15) is 0 Å². The van der Waals surface area contributed by atoms with Crippen molar-refractivity contribution in [1.82, 2.24) is 9.97 Å². The molecule has 0 radical (unpaired) electrons. The van der Waals surface area contributed by atoms with Crippen LogP contribution in [0.3, 0.4) is 0 Å². The highest BCUT2D eigenvalue weighted by Crippen LogP contribution is 2.39. The lowest BCUT2D eigenvalue weighted by atomic mass is 10.1. The van der Waals surface area contributed by atoms with Gasteiger partial charge in [0.25, 0.3) is 0 Å². The first-order valence-electron chi connectivity index (χ1n) is 7.70. The number of hydrogen-bond donors (Lipinski definition) is 1. The van der Waals surface area contributed by atoms with Gasteiger partial charge in [0.1, 0.15) is 17.0 Å². The number of hydrogen-bond acceptors (Lipinski definition) is 4. The van der Waals surface area contributed by atoms with Gasteiger partial charge >= 0.3 is 0 Å². The van der Waals surface area contributed by atoms with E-state index in [1.165, 1.54) is 54.9 Å². The van der Waals surface area contributed by atoms with E-state index in [4.69, 9.17) is 0 Å². The molecule has 2 aromatic heterocycles. The van der Waals surface area contributed by atoms with Crippen molar-refractivity contribution in [3.8, 4) is 0 Å². The topological polar surface area (TPSA) is 33.5 Å². The monoisotopic (exact) mass is 289 g/mol. The molecule has 1 fully saturated rings. The van der Waals surface area contributed by atoms with Crippen LogP contribution in [0.1, 0.15) is 23.8 Å². The van der Waals surface area contributed by atoms with Gasteiger partial charge < -0.3 is 9.80 Å². The van der Waals surface area contributed by atoms with Crippen molar-refractivity contribution in [3.05, 3.63) is 16.8 Å². The molecule has 20 heavy (non-hydrogen) atoms. The van der Waals surface area contributed by atoms with Gasteiger partial charge in [-0.05, 0) is 31.7 Å². The van der Waals surface area contributed by atoms with Gasteiger partial charge in [-0.1, -0.05) is 0 Å². The fourth-order valence-electron chi connectivity index (χ4n) is 3.54. The number of nitrogens with one attached hydrogen (secondary N) is 1. The van der Waals surface area contributed by atoms with Crippen LogP contribution >= 0.6 is 11.3 Å². The predicted molar refractivity (Wildman–Crippen MR) is 82.9 cm³/mol. The number of piperazine rings is 1. The molecule has 0 aromatic carbocycles. The maximum atomic E-state index is 4.64. The Kier molecular flexibility index (Phi) is 3.11. The molecule has 0 amide bonds. The van der Waals surface area contributed by atoms with E-state index in [1.54, 1.807) is 21.7 Å². The van der Waals surface area contributed by atoms with Gasteiger partial charge in [0.15, 0.2) is 0 Å². The van der Waals surface area contributed by atoms with Gasteiger partial charge in [-0.15, -0.1) is 11.3 Å². The molecule has 4 nitrogen and oxygen atoms in total. The van der Waals surface area contributed by atoms with Crippen LogP contribution in [0.5, 0.6) is 0 Å². The second-order valence-corrected chi connectivity index (χ2v) is 6.91. The van der Waals surface area contributed by atoms with Crippen LogP contribution in [0.25, 0.3) is 10.2 Å². The first-order valence-corrected chi connectivity index (χ1v) is 8.52. The first-order chi connectivity index (χ1) is 9.86. The molecule has 1 N–H and O–H groups in total. The summed E-state index contributed by atoms with van der Waals surface area (Å²) in [6.07, 6.45) is 5.51. The van der Waals surface area contributed by atoms with Gasteiger partial charge in [0, 0.05) is 4.88 Å². The van der Waals surface area contributed by atoms with Crippen molar-refractivity contribution in [1.29, 1.82) is 0 Å². The molecule has 4 rings (SSSR count). The maximum absolute atomic E-state index is 4.64. The minimum atomic E-state index is 1.12. The summed E-state index contributed by atoms with van der Waals surface area (Å²) >= 11 is 1.89. The van der Waals surface area contributed by atoms with Crippen molar-refractivity contribution in [3.63, 3.8) is 0 Å². The zero-order valence-electron chi connectivity index (χ0n) is 12.0. The van der Waals surface area contributed by atoms with E-state index in [-0.39, 0.29) is 0 Å². The maximum Gasteiger partial charge on any atom is 0.141 e. The Morgan fingerprint density at radius 1 is 1.25 bits per heavy atom. The fraction of sp³-hybridized carbons (Fsp3) is 0.600. The second kappa shape index (κ2) is 4.97. The van der Waals surface area contributed by atoms with E-state index >= 15 is 0 Å². The average molecular weight is 289 g/mol. The third-order valence-electron chi connectivity index (χ3n) is 4.75. The molecule has 0 saturated carbocycles. The molecule has 1 saturated heterocycles. The number of thiophene rings is 1. The zero-order chi connectivity index (χ0) is 13.5. The molecule has 106 valence electrons. The molecule has 0 unspecified atom stereocenters. The number of nitrogens with zero attached hydrogens (tertiary/aromatic N) is 3. The summed E-state index contributed by atoms with van der Waals surface area (Å²) in [5.74, 6) is 1.20. The van der Waals surface area contributed by atoms with Crippen LogP contribution in [0.4, 0.5) is 5.82 Å². The van der Waals surface area contributed by atoms with Crippen LogP contribution in [0, 0.1) is 0 Å². The van der Waals surface area contributed by atoms with E-state index in [2.05, 4.69) is 21.8 Å². The SMILES string of the molecule is CC[NH+]1CCN(c2ncnc3sc4c(c23)CCC4)CC1. The number of fused-ring (bicyclic) bond motifs is 3.